The highest BCUT2D eigenvalue weighted by Gasteiger charge is 2.24. The maximum Gasteiger partial charge on any atom is 0.352 e. The number of aromatic nitrogens is 5. The van der Waals surface area contributed by atoms with Crippen molar-refractivity contribution < 1.29 is 9.47 Å². The molecule has 1 aromatic carbocycles. The first kappa shape index (κ1) is 20.6. The lowest BCUT2D eigenvalue weighted by atomic mass is 10.1. The van der Waals surface area contributed by atoms with Gasteiger partial charge in [-0.25, -0.2) is 14.8 Å². The zero-order chi connectivity index (χ0) is 22.2. The van der Waals surface area contributed by atoms with Crippen LogP contribution in [0, 0.1) is 0 Å². The molecule has 3 aromatic heterocycles. The fourth-order valence-electron chi connectivity index (χ4n) is 4.22. The molecule has 4 heterocycles. The van der Waals surface area contributed by atoms with Crippen molar-refractivity contribution in [2.75, 3.05) is 20.3 Å². The highest BCUT2D eigenvalue weighted by atomic mass is 16.5. The van der Waals surface area contributed by atoms with E-state index in [-0.39, 0.29) is 11.8 Å². The van der Waals surface area contributed by atoms with Gasteiger partial charge in [-0.2, -0.15) is 9.61 Å². The third-order valence-corrected chi connectivity index (χ3v) is 6.00. The largest absolute Gasteiger partial charge is 0.497 e. The molecule has 1 aliphatic heterocycles. The van der Waals surface area contributed by atoms with E-state index in [9.17, 15) is 4.79 Å². The van der Waals surface area contributed by atoms with Crippen LogP contribution in [0.2, 0.25) is 0 Å². The minimum atomic E-state index is -0.267. The Hall–Kier alpha value is -3.30. The highest BCUT2D eigenvalue weighted by molar-refractivity contribution is 5.89. The minimum Gasteiger partial charge on any atom is -0.497 e. The van der Waals surface area contributed by atoms with Crippen LogP contribution in [0.15, 0.2) is 47.7 Å². The van der Waals surface area contributed by atoms with E-state index in [1.165, 1.54) is 10.8 Å². The third-order valence-electron chi connectivity index (χ3n) is 6.00. The van der Waals surface area contributed by atoms with Crippen LogP contribution in [0.1, 0.15) is 25.0 Å². The van der Waals surface area contributed by atoms with Gasteiger partial charge >= 0.3 is 5.69 Å². The Balaban J connectivity index is 1.56. The molecule has 0 unspecified atom stereocenters. The molecule has 0 saturated carbocycles. The molecule has 5 rings (SSSR count). The fraction of sp³-hybridized carbons (Fsp3) is 0.391. The summed E-state index contributed by atoms with van der Waals surface area (Å²) in [6.07, 6.45) is 3.47. The fourth-order valence-corrected chi connectivity index (χ4v) is 4.22. The van der Waals surface area contributed by atoms with E-state index >= 15 is 0 Å². The summed E-state index contributed by atoms with van der Waals surface area (Å²) in [6.45, 7) is 6.99. The molecule has 32 heavy (non-hydrogen) atoms. The van der Waals surface area contributed by atoms with Crippen LogP contribution >= 0.6 is 0 Å². The number of hydrogen-bond acceptors (Lipinski definition) is 7. The normalized spacial score (nSPS) is 19.6. The SMILES string of the molecule is COc1ccc(Cn2c(=O)n3ncnc3c3cc(CN4C[C@@H](C)OC[C@H]4C)cnc32)cc1. The van der Waals surface area contributed by atoms with Crippen molar-refractivity contribution in [2.24, 2.45) is 0 Å². The first-order valence-electron chi connectivity index (χ1n) is 10.7. The van der Waals surface area contributed by atoms with Crippen LogP contribution in [0.25, 0.3) is 16.7 Å². The van der Waals surface area contributed by atoms with Crippen molar-refractivity contribution >= 4 is 16.7 Å². The lowest BCUT2D eigenvalue weighted by molar-refractivity contribution is -0.0526. The molecular formula is C23H26N6O3. The van der Waals surface area contributed by atoms with E-state index in [1.54, 1.807) is 11.7 Å². The smallest absolute Gasteiger partial charge is 0.352 e. The van der Waals surface area contributed by atoms with Crippen molar-refractivity contribution in [3.8, 4) is 5.75 Å². The minimum absolute atomic E-state index is 0.206. The first-order chi connectivity index (χ1) is 15.5. The molecule has 0 aliphatic carbocycles. The number of pyridine rings is 1. The van der Waals surface area contributed by atoms with Crippen LogP contribution in [-0.2, 0) is 17.8 Å². The summed E-state index contributed by atoms with van der Waals surface area (Å²) >= 11 is 0. The van der Waals surface area contributed by atoms with E-state index < -0.39 is 0 Å². The number of rotatable bonds is 5. The van der Waals surface area contributed by atoms with Crippen molar-refractivity contribution in [3.63, 3.8) is 0 Å². The molecule has 166 valence electrons. The highest BCUT2D eigenvalue weighted by Crippen LogP contribution is 2.21. The van der Waals surface area contributed by atoms with Crippen LogP contribution in [0.3, 0.4) is 0 Å². The topological polar surface area (TPSA) is 86.8 Å². The lowest BCUT2D eigenvalue weighted by Crippen LogP contribution is -2.46. The Morgan fingerprint density at radius 1 is 1.09 bits per heavy atom. The van der Waals surface area contributed by atoms with Gasteiger partial charge in [0.1, 0.15) is 17.7 Å². The summed E-state index contributed by atoms with van der Waals surface area (Å²) in [5.74, 6) is 0.770. The zero-order valence-corrected chi connectivity index (χ0v) is 18.4. The van der Waals surface area contributed by atoms with E-state index in [0.717, 1.165) is 42.0 Å². The Bertz CT molecular complexity index is 1310. The van der Waals surface area contributed by atoms with Gasteiger partial charge < -0.3 is 9.47 Å². The Labute approximate surface area is 185 Å². The molecule has 1 fully saturated rings. The monoisotopic (exact) mass is 434 g/mol. The molecular weight excluding hydrogens is 408 g/mol. The second-order valence-electron chi connectivity index (χ2n) is 8.35. The standard InChI is InChI=1S/C23H26N6O3/c1-15-13-32-16(2)10-27(15)11-18-8-20-21(24-9-18)28(23(30)29-22(20)25-14-26-29)12-17-4-6-19(31-3)7-5-17/h4-9,14-16H,10-13H2,1-3H3/t15-,16-/m1/s1. The number of hydrogen-bond donors (Lipinski definition) is 0. The summed E-state index contributed by atoms with van der Waals surface area (Å²) in [5, 5.41) is 4.97. The van der Waals surface area contributed by atoms with E-state index in [1.807, 2.05) is 30.5 Å². The van der Waals surface area contributed by atoms with Gasteiger partial charge in [-0.05, 0) is 43.2 Å². The molecule has 1 aliphatic rings. The quantitative estimate of drug-likeness (QED) is 0.475. The van der Waals surface area contributed by atoms with E-state index in [2.05, 4.69) is 34.9 Å². The molecule has 1 saturated heterocycles. The third kappa shape index (κ3) is 3.74. The number of fused-ring (bicyclic) bond motifs is 3. The second kappa shape index (κ2) is 8.33. The summed E-state index contributed by atoms with van der Waals surface area (Å²) in [7, 11) is 1.63. The molecule has 2 atom stereocenters. The number of ether oxygens (including phenoxy) is 2. The van der Waals surface area contributed by atoms with Crippen molar-refractivity contribution in [2.45, 2.75) is 39.1 Å². The molecule has 9 heteroatoms. The number of benzene rings is 1. The summed E-state index contributed by atoms with van der Waals surface area (Å²) in [6, 6.07) is 10.1. The lowest BCUT2D eigenvalue weighted by Gasteiger charge is -2.36. The van der Waals surface area contributed by atoms with Crippen molar-refractivity contribution in [3.05, 3.63) is 64.5 Å². The van der Waals surface area contributed by atoms with E-state index in [0.29, 0.717) is 23.9 Å². The van der Waals surface area contributed by atoms with Gasteiger partial charge in [-0.15, -0.1) is 0 Å². The van der Waals surface area contributed by atoms with Crippen molar-refractivity contribution in [1.82, 2.24) is 29.0 Å². The maximum atomic E-state index is 13.1. The van der Waals surface area contributed by atoms with Crippen LogP contribution in [-0.4, -0.2) is 61.5 Å². The van der Waals surface area contributed by atoms with Gasteiger partial charge in [0.05, 0.1) is 31.8 Å². The second-order valence-corrected chi connectivity index (χ2v) is 8.35. The van der Waals surface area contributed by atoms with Crippen LogP contribution in [0.5, 0.6) is 5.75 Å². The van der Waals surface area contributed by atoms with Gasteiger partial charge in [0.15, 0.2) is 5.65 Å². The number of nitrogens with zero attached hydrogens (tertiary/aromatic N) is 6. The van der Waals surface area contributed by atoms with Gasteiger partial charge in [0.2, 0.25) is 0 Å². The van der Waals surface area contributed by atoms with Crippen LogP contribution < -0.4 is 10.4 Å². The zero-order valence-electron chi connectivity index (χ0n) is 18.4. The van der Waals surface area contributed by atoms with Gasteiger partial charge in [-0.1, -0.05) is 12.1 Å². The summed E-state index contributed by atoms with van der Waals surface area (Å²) in [4.78, 5) is 24.6. The molecule has 4 aromatic rings. The van der Waals surface area contributed by atoms with Gasteiger partial charge in [0.25, 0.3) is 0 Å². The summed E-state index contributed by atoms with van der Waals surface area (Å²) in [5.41, 5.74) is 2.89. The molecule has 0 amide bonds. The first-order valence-corrected chi connectivity index (χ1v) is 10.7. The molecule has 0 bridgehead atoms. The number of methoxy groups -OCH3 is 1. The van der Waals surface area contributed by atoms with Gasteiger partial charge in [0, 0.05) is 25.3 Å². The van der Waals surface area contributed by atoms with Gasteiger partial charge in [-0.3, -0.25) is 9.47 Å². The maximum absolute atomic E-state index is 13.1. The molecule has 0 N–H and O–H groups in total. The summed E-state index contributed by atoms with van der Waals surface area (Å²) < 4.78 is 14.0. The Kier molecular flexibility index (Phi) is 5.36. The predicted molar refractivity (Wildman–Crippen MR) is 120 cm³/mol. The number of morpholine rings is 1. The molecule has 9 nitrogen and oxygen atoms in total. The van der Waals surface area contributed by atoms with Crippen molar-refractivity contribution in [1.29, 1.82) is 0 Å². The Morgan fingerprint density at radius 2 is 1.91 bits per heavy atom. The van der Waals surface area contributed by atoms with E-state index in [4.69, 9.17) is 14.5 Å². The predicted octanol–water partition coefficient (Wildman–Crippen LogP) is 2.11. The van der Waals surface area contributed by atoms with Crippen LogP contribution in [0.4, 0.5) is 0 Å². The average Bonchev–Trinajstić information content (AvgIpc) is 3.30. The Morgan fingerprint density at radius 3 is 2.69 bits per heavy atom. The average molecular weight is 435 g/mol. The molecule has 0 radical (unpaired) electrons. The molecule has 0 spiro atoms.